The van der Waals surface area contributed by atoms with Gasteiger partial charge in [0.15, 0.2) is 5.78 Å². The number of carbonyl (C=O) groups is 3. The van der Waals surface area contributed by atoms with Crippen molar-refractivity contribution in [2.45, 2.75) is 53.4 Å². The summed E-state index contributed by atoms with van der Waals surface area (Å²) in [5.74, 6) is 1.59. The third kappa shape index (κ3) is 2.14. The van der Waals surface area contributed by atoms with E-state index in [-0.39, 0.29) is 40.2 Å². The van der Waals surface area contributed by atoms with E-state index < -0.39 is 0 Å². The van der Waals surface area contributed by atoms with Crippen LogP contribution in [0.2, 0.25) is 0 Å². The minimum absolute atomic E-state index is 0.00604. The average Bonchev–Trinajstić information content (AvgIpc) is 2.77. The first kappa shape index (κ1) is 16.9. The summed E-state index contributed by atoms with van der Waals surface area (Å²) in [6.45, 7) is 8.21. The Hall–Kier alpha value is -1.51. The van der Waals surface area contributed by atoms with Crippen LogP contribution < -0.4 is 0 Å². The van der Waals surface area contributed by atoms with Crippen LogP contribution in [-0.2, 0) is 14.4 Å². The molecule has 0 saturated heterocycles. The lowest BCUT2D eigenvalue weighted by molar-refractivity contribution is -0.143. The SMILES string of the molecule is CC(=O)[C@H]1C(C)C[C@H]2[C@@H]3C=CC4=CC(=O)CC[C@]4(C)[C@H]3C(=O)C[C@]12C. The van der Waals surface area contributed by atoms with Crippen molar-refractivity contribution < 1.29 is 14.4 Å². The Kier molecular flexibility index (Phi) is 3.55. The maximum absolute atomic E-state index is 13.3. The molecule has 134 valence electrons. The second kappa shape index (κ2) is 5.25. The first-order valence-electron chi connectivity index (χ1n) is 9.65. The van der Waals surface area contributed by atoms with E-state index in [2.05, 4.69) is 32.9 Å². The van der Waals surface area contributed by atoms with Crippen molar-refractivity contribution in [2.24, 2.45) is 40.4 Å². The van der Waals surface area contributed by atoms with Gasteiger partial charge in [-0.05, 0) is 54.6 Å². The highest BCUT2D eigenvalue weighted by molar-refractivity contribution is 5.94. The molecule has 0 radical (unpaired) electrons. The van der Waals surface area contributed by atoms with E-state index in [4.69, 9.17) is 0 Å². The number of ketones is 3. The molecule has 0 aromatic rings. The molecular formula is C22H28O3. The van der Waals surface area contributed by atoms with Crippen LogP contribution in [0.4, 0.5) is 0 Å². The minimum atomic E-state index is -0.219. The van der Waals surface area contributed by atoms with Gasteiger partial charge >= 0.3 is 0 Å². The molecular weight excluding hydrogens is 312 g/mol. The van der Waals surface area contributed by atoms with Gasteiger partial charge in [0.2, 0.25) is 0 Å². The van der Waals surface area contributed by atoms with Gasteiger partial charge in [0, 0.05) is 30.1 Å². The number of Topliss-reactive ketones (excluding diaryl/α,β-unsaturated/α-hetero) is 2. The maximum Gasteiger partial charge on any atom is 0.156 e. The Morgan fingerprint density at radius 1 is 1.24 bits per heavy atom. The van der Waals surface area contributed by atoms with Gasteiger partial charge in [0.25, 0.3) is 0 Å². The summed E-state index contributed by atoms with van der Waals surface area (Å²) < 4.78 is 0. The molecule has 25 heavy (non-hydrogen) atoms. The molecule has 0 spiro atoms. The van der Waals surface area contributed by atoms with Gasteiger partial charge in [-0.25, -0.2) is 0 Å². The van der Waals surface area contributed by atoms with Crippen molar-refractivity contribution in [3.8, 4) is 0 Å². The van der Waals surface area contributed by atoms with Crippen molar-refractivity contribution in [2.75, 3.05) is 0 Å². The molecule has 2 fully saturated rings. The summed E-state index contributed by atoms with van der Waals surface area (Å²) in [5.41, 5.74) is 0.607. The van der Waals surface area contributed by atoms with Gasteiger partial charge in [0.05, 0.1) is 0 Å². The van der Waals surface area contributed by atoms with Crippen molar-refractivity contribution in [1.82, 2.24) is 0 Å². The van der Waals surface area contributed by atoms with Gasteiger partial charge < -0.3 is 0 Å². The maximum atomic E-state index is 13.3. The number of fused-ring (bicyclic) bond motifs is 5. The summed E-state index contributed by atoms with van der Waals surface area (Å²) in [6.07, 6.45) is 8.89. The minimum Gasteiger partial charge on any atom is -0.300 e. The standard InChI is InChI=1S/C22H28O3/c1-12-9-17-16-6-5-14-10-15(24)7-8-21(14,3)20(16)18(25)11-22(17,4)19(12)13(2)23/h5-6,10,12,16-17,19-20H,7-9,11H2,1-4H3/t12?,16-,17-,19+,20+,21-,22-/m0/s1. The van der Waals surface area contributed by atoms with E-state index in [1.807, 2.05) is 0 Å². The van der Waals surface area contributed by atoms with Gasteiger partial charge in [-0.2, -0.15) is 0 Å². The number of carbonyl (C=O) groups excluding carboxylic acids is 3. The molecule has 4 rings (SSSR count). The molecule has 0 heterocycles. The van der Waals surface area contributed by atoms with Gasteiger partial charge in [-0.1, -0.05) is 32.9 Å². The van der Waals surface area contributed by atoms with Crippen molar-refractivity contribution in [1.29, 1.82) is 0 Å². The lowest BCUT2D eigenvalue weighted by Gasteiger charge is -2.54. The zero-order valence-corrected chi connectivity index (χ0v) is 15.7. The zero-order valence-electron chi connectivity index (χ0n) is 15.7. The predicted molar refractivity (Wildman–Crippen MR) is 95.7 cm³/mol. The Labute approximate surface area is 149 Å². The molecule has 3 nitrogen and oxygen atoms in total. The molecule has 7 atom stereocenters. The van der Waals surface area contributed by atoms with E-state index in [1.54, 1.807) is 13.0 Å². The fourth-order valence-electron chi connectivity index (χ4n) is 7.07. The summed E-state index contributed by atoms with van der Waals surface area (Å²) in [5, 5.41) is 0. The first-order valence-corrected chi connectivity index (χ1v) is 9.65. The average molecular weight is 340 g/mol. The van der Waals surface area contributed by atoms with Crippen molar-refractivity contribution in [3.63, 3.8) is 0 Å². The Balaban J connectivity index is 1.81. The molecule has 0 amide bonds. The molecule has 1 unspecified atom stereocenters. The molecule has 0 aromatic carbocycles. The van der Waals surface area contributed by atoms with E-state index in [0.717, 1.165) is 18.4 Å². The molecule has 0 aliphatic heterocycles. The molecule has 4 aliphatic carbocycles. The van der Waals surface area contributed by atoms with Gasteiger partial charge in [0.1, 0.15) is 11.6 Å². The van der Waals surface area contributed by atoms with Gasteiger partial charge in [-0.15, -0.1) is 0 Å². The summed E-state index contributed by atoms with van der Waals surface area (Å²) >= 11 is 0. The highest BCUT2D eigenvalue weighted by Gasteiger charge is 2.63. The fourth-order valence-corrected chi connectivity index (χ4v) is 7.07. The Morgan fingerprint density at radius 2 is 1.96 bits per heavy atom. The molecule has 3 heteroatoms. The summed E-state index contributed by atoms with van der Waals surface area (Å²) in [4.78, 5) is 37.5. The Bertz CT molecular complexity index is 730. The third-order valence-corrected chi connectivity index (χ3v) is 7.99. The monoisotopic (exact) mass is 340 g/mol. The lowest BCUT2D eigenvalue weighted by Crippen LogP contribution is -2.54. The van der Waals surface area contributed by atoms with Crippen LogP contribution in [0.1, 0.15) is 53.4 Å². The molecule has 0 N–H and O–H groups in total. The second-order valence-electron chi connectivity index (χ2n) is 9.45. The van der Waals surface area contributed by atoms with Crippen LogP contribution in [0.15, 0.2) is 23.8 Å². The largest absolute Gasteiger partial charge is 0.300 e. The highest BCUT2D eigenvalue weighted by atomic mass is 16.1. The molecule has 4 aliphatic rings. The quantitative estimate of drug-likeness (QED) is 0.727. The molecule has 0 bridgehead atoms. The third-order valence-electron chi connectivity index (χ3n) is 7.99. The summed E-state index contributed by atoms with van der Waals surface area (Å²) in [7, 11) is 0. The second-order valence-corrected chi connectivity index (χ2v) is 9.45. The van der Waals surface area contributed by atoms with Crippen molar-refractivity contribution in [3.05, 3.63) is 23.8 Å². The van der Waals surface area contributed by atoms with E-state index in [1.165, 1.54) is 0 Å². The van der Waals surface area contributed by atoms with Gasteiger partial charge in [-0.3, -0.25) is 14.4 Å². The smallest absolute Gasteiger partial charge is 0.156 e. The van der Waals surface area contributed by atoms with Crippen LogP contribution in [-0.4, -0.2) is 17.3 Å². The van der Waals surface area contributed by atoms with Crippen LogP contribution in [0.3, 0.4) is 0 Å². The van der Waals surface area contributed by atoms with Crippen LogP contribution in [0.25, 0.3) is 0 Å². The predicted octanol–water partition coefficient (Wildman–Crippen LogP) is 3.92. The first-order chi connectivity index (χ1) is 11.7. The molecule has 2 saturated carbocycles. The highest BCUT2D eigenvalue weighted by Crippen LogP contribution is 2.65. The van der Waals surface area contributed by atoms with Crippen LogP contribution in [0.5, 0.6) is 0 Å². The number of rotatable bonds is 1. The van der Waals surface area contributed by atoms with E-state index in [0.29, 0.717) is 30.5 Å². The van der Waals surface area contributed by atoms with E-state index >= 15 is 0 Å². The van der Waals surface area contributed by atoms with Crippen LogP contribution in [0, 0.1) is 40.4 Å². The number of hydrogen-bond donors (Lipinski definition) is 0. The Morgan fingerprint density at radius 3 is 2.64 bits per heavy atom. The van der Waals surface area contributed by atoms with Crippen molar-refractivity contribution >= 4 is 17.3 Å². The topological polar surface area (TPSA) is 51.2 Å². The zero-order chi connectivity index (χ0) is 18.1. The number of hydrogen-bond acceptors (Lipinski definition) is 3. The lowest BCUT2D eigenvalue weighted by atomic mass is 9.48. The fraction of sp³-hybridized carbons (Fsp3) is 0.682. The van der Waals surface area contributed by atoms with E-state index in [9.17, 15) is 14.4 Å². The van der Waals surface area contributed by atoms with Crippen LogP contribution >= 0.6 is 0 Å². The normalized spacial score (nSPS) is 48.5. The molecule has 0 aromatic heterocycles. The number of allylic oxidation sites excluding steroid dienone is 4. The summed E-state index contributed by atoms with van der Waals surface area (Å²) in [6, 6.07) is 0.